The van der Waals surface area contributed by atoms with Gasteiger partial charge >= 0.3 is 0 Å². The van der Waals surface area contributed by atoms with Crippen molar-refractivity contribution in [3.05, 3.63) is 132 Å². The third-order valence-corrected chi connectivity index (χ3v) is 10.2. The van der Waals surface area contributed by atoms with Crippen molar-refractivity contribution in [2.24, 2.45) is 0 Å². The molecule has 0 spiro atoms. The van der Waals surface area contributed by atoms with Crippen molar-refractivity contribution in [2.45, 2.75) is 19.3 Å². The summed E-state index contributed by atoms with van der Waals surface area (Å²) in [5.74, 6) is 0. The number of pyridine rings is 1. The Bertz CT molecular complexity index is 2330. The van der Waals surface area contributed by atoms with E-state index in [2.05, 4.69) is 140 Å². The van der Waals surface area contributed by atoms with Crippen LogP contribution in [-0.4, -0.2) is 9.38 Å². The molecule has 9 rings (SSSR count). The van der Waals surface area contributed by atoms with Crippen LogP contribution < -0.4 is 0 Å². The van der Waals surface area contributed by atoms with Crippen LogP contribution in [0.5, 0.6) is 0 Å². The van der Waals surface area contributed by atoms with Crippen molar-refractivity contribution in [3.63, 3.8) is 0 Å². The fourth-order valence-corrected chi connectivity index (χ4v) is 8.11. The summed E-state index contributed by atoms with van der Waals surface area (Å²) in [6.45, 7) is 4.67. The van der Waals surface area contributed by atoms with E-state index in [0.717, 1.165) is 16.7 Å². The summed E-state index contributed by atoms with van der Waals surface area (Å²) in [5.41, 5.74) is 13.6. The summed E-state index contributed by atoms with van der Waals surface area (Å²) in [7, 11) is 0. The van der Waals surface area contributed by atoms with E-state index < -0.39 is 0 Å². The van der Waals surface area contributed by atoms with Crippen LogP contribution in [0, 0.1) is 0 Å². The molecule has 8 aromatic rings. The summed E-state index contributed by atoms with van der Waals surface area (Å²) in [6, 6.07) is 44.4. The second-order valence-electron chi connectivity index (χ2n) is 11.6. The van der Waals surface area contributed by atoms with E-state index in [0.29, 0.717) is 0 Å². The Morgan fingerprint density at radius 1 is 0.610 bits per heavy atom. The van der Waals surface area contributed by atoms with Gasteiger partial charge in [0.15, 0.2) is 5.65 Å². The average molecular weight is 543 g/mol. The van der Waals surface area contributed by atoms with Crippen LogP contribution >= 0.6 is 11.3 Å². The quantitative estimate of drug-likeness (QED) is 0.212. The molecule has 0 fully saturated rings. The fourth-order valence-electron chi connectivity index (χ4n) is 6.94. The Morgan fingerprint density at radius 3 is 2.22 bits per heavy atom. The molecule has 0 unspecified atom stereocenters. The average Bonchev–Trinajstić information content (AvgIpc) is 3.65. The Balaban J connectivity index is 1.23. The first-order valence-corrected chi connectivity index (χ1v) is 15.0. The molecule has 0 atom stereocenters. The minimum absolute atomic E-state index is 0.0255. The summed E-state index contributed by atoms with van der Waals surface area (Å²) >= 11 is 1.83. The van der Waals surface area contributed by atoms with Crippen molar-refractivity contribution >= 4 is 48.2 Å². The molecule has 0 N–H and O–H groups in total. The van der Waals surface area contributed by atoms with Gasteiger partial charge in [0.1, 0.15) is 0 Å². The van der Waals surface area contributed by atoms with Crippen molar-refractivity contribution in [1.82, 2.24) is 9.38 Å². The van der Waals surface area contributed by atoms with Gasteiger partial charge in [-0.2, -0.15) is 0 Å². The maximum Gasteiger partial charge on any atom is 0.156 e. The molecule has 0 saturated heterocycles. The SMILES string of the molecule is CC1(C)c2ccccc2-c2cc(-c3ccc(-c4cc5c6ccccc6sc5c5nc6ccccc6n45)cc3)ccc21. The monoisotopic (exact) mass is 542 g/mol. The number of hydrogen-bond acceptors (Lipinski definition) is 2. The fraction of sp³-hybridized carbons (Fsp3) is 0.0789. The topological polar surface area (TPSA) is 17.3 Å². The number of fused-ring (bicyclic) bond motifs is 10. The van der Waals surface area contributed by atoms with Gasteiger partial charge in [-0.3, -0.25) is 4.40 Å². The first kappa shape index (κ1) is 23.0. The van der Waals surface area contributed by atoms with Crippen LogP contribution in [0.25, 0.3) is 70.4 Å². The van der Waals surface area contributed by atoms with Gasteiger partial charge in [0.05, 0.1) is 21.4 Å². The highest BCUT2D eigenvalue weighted by atomic mass is 32.1. The second-order valence-corrected chi connectivity index (χ2v) is 12.7. The van der Waals surface area contributed by atoms with Gasteiger partial charge < -0.3 is 0 Å². The van der Waals surface area contributed by atoms with Crippen LogP contribution in [0.3, 0.4) is 0 Å². The molecule has 1 aliphatic rings. The van der Waals surface area contributed by atoms with Gasteiger partial charge in [-0.05, 0) is 69.3 Å². The smallest absolute Gasteiger partial charge is 0.156 e. The third kappa shape index (κ3) is 3.15. The maximum absolute atomic E-state index is 5.13. The summed E-state index contributed by atoms with van der Waals surface area (Å²) < 4.78 is 4.88. The third-order valence-electron chi connectivity index (χ3n) is 9.02. The first-order valence-electron chi connectivity index (χ1n) is 14.1. The highest BCUT2D eigenvalue weighted by Crippen LogP contribution is 2.49. The van der Waals surface area contributed by atoms with Gasteiger partial charge in [-0.1, -0.05) is 105 Å². The van der Waals surface area contributed by atoms with Crippen molar-refractivity contribution < 1.29 is 0 Å². The largest absolute Gasteiger partial charge is 0.291 e. The van der Waals surface area contributed by atoms with Gasteiger partial charge in [0, 0.05) is 20.9 Å². The van der Waals surface area contributed by atoms with Crippen LogP contribution in [0.1, 0.15) is 25.0 Å². The molecule has 5 aromatic carbocycles. The molecular formula is C38H26N2S. The minimum atomic E-state index is 0.0255. The second kappa shape index (κ2) is 8.15. The van der Waals surface area contributed by atoms with Crippen LogP contribution in [0.4, 0.5) is 0 Å². The summed E-state index contributed by atoms with van der Waals surface area (Å²) in [5, 5.41) is 2.56. The van der Waals surface area contributed by atoms with Gasteiger partial charge in [-0.15, -0.1) is 11.3 Å². The molecule has 0 amide bonds. The zero-order chi connectivity index (χ0) is 27.3. The van der Waals surface area contributed by atoms with Crippen molar-refractivity contribution in [3.8, 4) is 33.5 Å². The minimum Gasteiger partial charge on any atom is -0.291 e. The highest BCUT2D eigenvalue weighted by Gasteiger charge is 2.35. The molecule has 0 saturated carbocycles. The molecular weight excluding hydrogens is 516 g/mol. The maximum atomic E-state index is 5.13. The lowest BCUT2D eigenvalue weighted by molar-refractivity contribution is 0.660. The van der Waals surface area contributed by atoms with Crippen molar-refractivity contribution in [2.75, 3.05) is 0 Å². The van der Waals surface area contributed by atoms with E-state index in [-0.39, 0.29) is 5.41 Å². The molecule has 0 aliphatic heterocycles. The predicted molar refractivity (Wildman–Crippen MR) is 174 cm³/mol. The summed E-state index contributed by atoms with van der Waals surface area (Å²) in [6.07, 6.45) is 0. The number of imidazole rings is 1. The number of benzene rings is 5. The lowest BCUT2D eigenvalue weighted by atomic mass is 9.82. The molecule has 1 aliphatic carbocycles. The number of para-hydroxylation sites is 2. The number of hydrogen-bond donors (Lipinski definition) is 0. The zero-order valence-electron chi connectivity index (χ0n) is 22.8. The molecule has 0 radical (unpaired) electrons. The summed E-state index contributed by atoms with van der Waals surface area (Å²) in [4.78, 5) is 5.13. The van der Waals surface area contributed by atoms with E-state index >= 15 is 0 Å². The van der Waals surface area contributed by atoms with Gasteiger partial charge in [-0.25, -0.2) is 4.98 Å². The van der Waals surface area contributed by atoms with Crippen LogP contribution in [-0.2, 0) is 5.41 Å². The molecule has 194 valence electrons. The molecule has 3 aromatic heterocycles. The molecule has 2 nitrogen and oxygen atoms in total. The van der Waals surface area contributed by atoms with Crippen LogP contribution in [0.15, 0.2) is 121 Å². The normalized spacial score (nSPS) is 13.8. The molecule has 41 heavy (non-hydrogen) atoms. The van der Waals surface area contributed by atoms with Crippen molar-refractivity contribution in [1.29, 1.82) is 0 Å². The van der Waals surface area contributed by atoms with Gasteiger partial charge in [0.25, 0.3) is 0 Å². The first-order chi connectivity index (χ1) is 20.1. The van der Waals surface area contributed by atoms with E-state index in [1.165, 1.54) is 64.8 Å². The Morgan fingerprint density at radius 2 is 1.32 bits per heavy atom. The molecule has 0 bridgehead atoms. The van der Waals surface area contributed by atoms with E-state index in [4.69, 9.17) is 4.98 Å². The standard InChI is InChI=1S/C38H26N2S/c1-38(2)30-11-5-3-9-26(30)28-21-25(19-20-31(28)38)23-15-17-24(18-16-23)34-22-29-27-10-4-8-14-35(27)41-36(29)37-39-32-12-6-7-13-33(32)40(34)37/h3-22H,1-2H3. The van der Waals surface area contributed by atoms with Gasteiger partial charge in [0.2, 0.25) is 0 Å². The van der Waals surface area contributed by atoms with E-state index in [1.807, 2.05) is 11.3 Å². The van der Waals surface area contributed by atoms with E-state index in [1.54, 1.807) is 0 Å². The predicted octanol–water partition coefficient (Wildman–Crippen LogP) is 10.5. The number of thiophene rings is 1. The zero-order valence-corrected chi connectivity index (χ0v) is 23.7. The van der Waals surface area contributed by atoms with E-state index in [9.17, 15) is 0 Å². The Hall–Kier alpha value is -4.73. The Labute approximate surface area is 242 Å². The molecule has 3 heterocycles. The lowest BCUT2D eigenvalue weighted by Gasteiger charge is -2.21. The molecule has 3 heteroatoms. The Kier molecular flexibility index (Phi) is 4.58. The van der Waals surface area contributed by atoms with Crippen LogP contribution in [0.2, 0.25) is 0 Å². The highest BCUT2D eigenvalue weighted by molar-refractivity contribution is 7.26. The number of aromatic nitrogens is 2. The lowest BCUT2D eigenvalue weighted by Crippen LogP contribution is -2.14. The number of nitrogens with zero attached hydrogens (tertiary/aromatic N) is 2. The number of rotatable bonds is 2.